The Labute approximate surface area is 207 Å². The Morgan fingerprint density at radius 1 is 0.912 bits per heavy atom. The molecule has 0 aliphatic carbocycles. The van der Waals surface area contributed by atoms with Crippen molar-refractivity contribution in [3.8, 4) is 0 Å². The van der Waals surface area contributed by atoms with Crippen molar-refractivity contribution < 1.29 is 19.0 Å². The molecule has 1 aromatic heterocycles. The third-order valence-corrected chi connectivity index (χ3v) is 6.40. The zero-order chi connectivity index (χ0) is 24.1. The van der Waals surface area contributed by atoms with Crippen molar-refractivity contribution in [2.75, 3.05) is 19.8 Å². The second-order valence-electron chi connectivity index (χ2n) is 9.56. The molecule has 1 fully saturated rings. The van der Waals surface area contributed by atoms with Crippen LogP contribution in [0.2, 0.25) is 0 Å². The summed E-state index contributed by atoms with van der Waals surface area (Å²) < 4.78 is 16.7. The zero-order valence-electron chi connectivity index (χ0n) is 21.5. The lowest BCUT2D eigenvalue weighted by Gasteiger charge is -2.35. The number of carbonyl (C=O) groups is 1. The minimum atomic E-state index is -0.438. The van der Waals surface area contributed by atoms with Crippen LogP contribution in [0.15, 0.2) is 24.4 Å². The first kappa shape index (κ1) is 28.6. The molecule has 0 radical (unpaired) electrons. The highest BCUT2D eigenvalue weighted by atomic mass is 16.6. The molecule has 0 bridgehead atoms. The fourth-order valence-electron chi connectivity index (χ4n) is 4.27. The summed E-state index contributed by atoms with van der Waals surface area (Å²) in [6.45, 7) is 4.38. The number of aromatic nitrogens is 1. The van der Waals surface area contributed by atoms with E-state index in [4.69, 9.17) is 14.2 Å². The highest BCUT2D eigenvalue weighted by Crippen LogP contribution is 2.21. The average molecular weight is 477 g/mol. The summed E-state index contributed by atoms with van der Waals surface area (Å²) in [6.07, 6.45) is 21.4. The van der Waals surface area contributed by atoms with Crippen molar-refractivity contribution in [2.45, 2.75) is 122 Å². The number of ether oxygens (including phenoxy) is 3. The number of pyridine rings is 1. The summed E-state index contributed by atoms with van der Waals surface area (Å²) in [6, 6.07) is 5.59. The molecule has 2 rings (SSSR count). The minimum Gasteiger partial charge on any atom is -0.447 e. The maximum absolute atomic E-state index is 11.7. The molecule has 1 amide bonds. The molecular weight excluding hydrogens is 428 g/mol. The number of unbranched alkanes of at least 4 members (excludes halogenated alkanes) is 13. The van der Waals surface area contributed by atoms with Crippen molar-refractivity contribution in [1.29, 1.82) is 0 Å². The van der Waals surface area contributed by atoms with E-state index in [0.717, 1.165) is 25.1 Å². The van der Waals surface area contributed by atoms with E-state index in [9.17, 15) is 4.79 Å². The molecule has 1 aliphatic rings. The quantitative estimate of drug-likeness (QED) is 0.194. The Morgan fingerprint density at radius 3 is 2.09 bits per heavy atom. The van der Waals surface area contributed by atoms with Gasteiger partial charge in [0.25, 0.3) is 0 Å². The Kier molecular flexibility index (Phi) is 16.5. The highest BCUT2D eigenvalue weighted by molar-refractivity contribution is 5.67. The van der Waals surface area contributed by atoms with E-state index in [-0.39, 0.29) is 18.8 Å². The number of hydrogen-bond donors (Lipinski definition) is 1. The molecule has 1 aliphatic heterocycles. The molecule has 34 heavy (non-hydrogen) atoms. The third kappa shape index (κ3) is 14.6. The SMILES string of the molecule is CCCCCCCCCCCCCCCCOCC1CC(COC(=O)NCc2ccccn2)O1. The first-order chi connectivity index (χ1) is 16.8. The molecule has 2 atom stereocenters. The van der Waals surface area contributed by atoms with E-state index in [2.05, 4.69) is 17.2 Å². The van der Waals surface area contributed by atoms with Gasteiger partial charge in [-0.2, -0.15) is 0 Å². The van der Waals surface area contributed by atoms with Crippen LogP contribution in [0.25, 0.3) is 0 Å². The zero-order valence-corrected chi connectivity index (χ0v) is 21.5. The van der Waals surface area contributed by atoms with Gasteiger partial charge in [0.15, 0.2) is 0 Å². The number of carbonyl (C=O) groups excluding carboxylic acids is 1. The molecule has 1 aromatic rings. The Morgan fingerprint density at radius 2 is 1.50 bits per heavy atom. The van der Waals surface area contributed by atoms with Crippen LogP contribution < -0.4 is 5.32 Å². The number of alkyl carbamates (subject to hydrolysis) is 1. The molecule has 194 valence electrons. The third-order valence-electron chi connectivity index (χ3n) is 6.40. The second kappa shape index (κ2) is 19.6. The van der Waals surface area contributed by atoms with Crippen molar-refractivity contribution in [3.63, 3.8) is 0 Å². The Bertz CT molecular complexity index is 608. The van der Waals surface area contributed by atoms with Gasteiger partial charge in [0.05, 0.1) is 31.1 Å². The predicted molar refractivity (Wildman–Crippen MR) is 137 cm³/mol. The minimum absolute atomic E-state index is 0.0183. The van der Waals surface area contributed by atoms with Crippen LogP contribution in [-0.2, 0) is 20.8 Å². The summed E-state index contributed by atoms with van der Waals surface area (Å²) in [7, 11) is 0. The second-order valence-corrected chi connectivity index (χ2v) is 9.56. The molecule has 0 aromatic carbocycles. The van der Waals surface area contributed by atoms with Crippen LogP contribution in [0.4, 0.5) is 4.79 Å². The smallest absolute Gasteiger partial charge is 0.407 e. The van der Waals surface area contributed by atoms with Crippen molar-refractivity contribution in [1.82, 2.24) is 10.3 Å². The summed E-state index contributed by atoms with van der Waals surface area (Å²) in [4.78, 5) is 15.9. The fraction of sp³-hybridized carbons (Fsp3) is 0.786. The summed E-state index contributed by atoms with van der Waals surface area (Å²) >= 11 is 0. The molecule has 1 saturated heterocycles. The van der Waals surface area contributed by atoms with Gasteiger partial charge in [0.1, 0.15) is 6.61 Å². The van der Waals surface area contributed by atoms with Gasteiger partial charge >= 0.3 is 6.09 Å². The number of rotatable bonds is 21. The van der Waals surface area contributed by atoms with E-state index in [1.54, 1.807) is 6.20 Å². The number of hydrogen-bond acceptors (Lipinski definition) is 5. The van der Waals surface area contributed by atoms with Gasteiger partial charge in [-0.05, 0) is 18.6 Å². The maximum Gasteiger partial charge on any atom is 0.407 e. The average Bonchev–Trinajstić information content (AvgIpc) is 2.83. The molecule has 0 saturated carbocycles. The first-order valence-electron chi connectivity index (χ1n) is 13.8. The van der Waals surface area contributed by atoms with Gasteiger partial charge < -0.3 is 19.5 Å². The number of amides is 1. The summed E-state index contributed by atoms with van der Waals surface area (Å²) in [5.74, 6) is 0. The summed E-state index contributed by atoms with van der Waals surface area (Å²) in [5, 5.41) is 2.70. The monoisotopic (exact) mass is 476 g/mol. The Balaban J connectivity index is 1.27. The normalized spacial score (nSPS) is 17.3. The van der Waals surface area contributed by atoms with Gasteiger partial charge in [0.2, 0.25) is 0 Å². The molecule has 0 spiro atoms. The van der Waals surface area contributed by atoms with Crippen molar-refractivity contribution >= 4 is 6.09 Å². The predicted octanol–water partition coefficient (Wildman–Crippen LogP) is 6.96. The first-order valence-corrected chi connectivity index (χ1v) is 13.8. The molecule has 6 heteroatoms. The molecular formula is C28H48N2O4. The Hall–Kier alpha value is -1.66. The van der Waals surface area contributed by atoms with Gasteiger partial charge in [-0.25, -0.2) is 4.79 Å². The van der Waals surface area contributed by atoms with E-state index in [1.807, 2.05) is 18.2 Å². The van der Waals surface area contributed by atoms with Crippen LogP contribution in [-0.4, -0.2) is 43.1 Å². The van der Waals surface area contributed by atoms with Crippen molar-refractivity contribution in [2.24, 2.45) is 0 Å². The van der Waals surface area contributed by atoms with Crippen LogP contribution in [0.1, 0.15) is 109 Å². The topological polar surface area (TPSA) is 69.7 Å². The van der Waals surface area contributed by atoms with Crippen LogP contribution in [0.3, 0.4) is 0 Å². The van der Waals surface area contributed by atoms with E-state index < -0.39 is 6.09 Å². The van der Waals surface area contributed by atoms with Crippen LogP contribution in [0.5, 0.6) is 0 Å². The maximum atomic E-state index is 11.7. The van der Waals surface area contributed by atoms with E-state index in [0.29, 0.717) is 13.2 Å². The highest BCUT2D eigenvalue weighted by Gasteiger charge is 2.31. The van der Waals surface area contributed by atoms with Gasteiger partial charge in [-0.1, -0.05) is 96.5 Å². The van der Waals surface area contributed by atoms with Gasteiger partial charge in [0, 0.05) is 19.2 Å². The number of nitrogens with zero attached hydrogens (tertiary/aromatic N) is 1. The standard InChI is InChI=1S/C28H48N2O4/c1-2-3-4-5-6-7-8-9-10-11-12-13-14-17-20-32-23-26-21-27(34-26)24-33-28(31)30-22-25-18-15-16-19-29-25/h15-16,18-19,26-27H,2-14,17,20-24H2,1H3,(H,30,31). The largest absolute Gasteiger partial charge is 0.447 e. The lowest BCUT2D eigenvalue weighted by molar-refractivity contribution is -0.166. The lowest BCUT2D eigenvalue weighted by atomic mass is 10.0. The lowest BCUT2D eigenvalue weighted by Crippen LogP contribution is -2.44. The van der Waals surface area contributed by atoms with E-state index in [1.165, 1.54) is 83.5 Å². The number of nitrogens with one attached hydrogen (secondary N) is 1. The molecule has 6 nitrogen and oxygen atoms in total. The van der Waals surface area contributed by atoms with E-state index >= 15 is 0 Å². The van der Waals surface area contributed by atoms with Gasteiger partial charge in [-0.15, -0.1) is 0 Å². The molecule has 2 heterocycles. The molecule has 2 unspecified atom stereocenters. The summed E-state index contributed by atoms with van der Waals surface area (Å²) in [5.41, 5.74) is 0.801. The molecule has 1 N–H and O–H groups in total. The van der Waals surface area contributed by atoms with Crippen molar-refractivity contribution in [3.05, 3.63) is 30.1 Å². The van der Waals surface area contributed by atoms with Gasteiger partial charge in [-0.3, -0.25) is 4.98 Å². The van der Waals surface area contributed by atoms with Crippen LogP contribution >= 0.6 is 0 Å². The van der Waals surface area contributed by atoms with Crippen LogP contribution in [0, 0.1) is 0 Å². The fourth-order valence-corrected chi connectivity index (χ4v) is 4.27.